The quantitative estimate of drug-likeness (QED) is 0.726. The Hall–Kier alpha value is -0.800. The van der Waals surface area contributed by atoms with Crippen LogP contribution in [0.1, 0.15) is 16.7 Å². The van der Waals surface area contributed by atoms with E-state index < -0.39 is 0 Å². The summed E-state index contributed by atoms with van der Waals surface area (Å²) in [6, 6.07) is 4.00. The van der Waals surface area contributed by atoms with Gasteiger partial charge in [-0.15, -0.1) is 11.3 Å². The second-order valence-electron chi connectivity index (χ2n) is 2.33. The fourth-order valence-electron chi connectivity index (χ4n) is 0.883. The van der Waals surface area contributed by atoms with Gasteiger partial charge in [-0.3, -0.25) is 0 Å². The SMILES string of the molecule is C=C(OCC)c1ccc(CN)s1. The maximum absolute atomic E-state index is 5.48. The lowest BCUT2D eigenvalue weighted by Crippen LogP contribution is -1.91. The average Bonchev–Trinajstić information content (AvgIpc) is 2.52. The molecule has 1 heterocycles. The normalized spacial score (nSPS) is 9.83. The van der Waals surface area contributed by atoms with Gasteiger partial charge in [0.15, 0.2) is 0 Å². The third-order valence-corrected chi connectivity index (χ3v) is 2.60. The molecule has 0 aromatic carbocycles. The smallest absolute Gasteiger partial charge is 0.129 e. The maximum atomic E-state index is 5.48. The summed E-state index contributed by atoms with van der Waals surface area (Å²) in [7, 11) is 0. The van der Waals surface area contributed by atoms with Crippen LogP contribution in [0.4, 0.5) is 0 Å². The number of hydrogen-bond donors (Lipinski definition) is 1. The van der Waals surface area contributed by atoms with Crippen LogP contribution in [0.3, 0.4) is 0 Å². The van der Waals surface area contributed by atoms with E-state index in [1.165, 1.54) is 0 Å². The highest BCUT2D eigenvalue weighted by atomic mass is 32.1. The Morgan fingerprint density at radius 3 is 2.92 bits per heavy atom. The van der Waals surface area contributed by atoms with Gasteiger partial charge in [0, 0.05) is 11.4 Å². The summed E-state index contributed by atoms with van der Waals surface area (Å²) in [5, 5.41) is 0. The molecule has 1 aromatic rings. The van der Waals surface area contributed by atoms with Crippen molar-refractivity contribution in [3.8, 4) is 0 Å². The molecule has 0 aliphatic carbocycles. The van der Waals surface area contributed by atoms with Crippen molar-refractivity contribution >= 4 is 17.1 Å². The second-order valence-corrected chi connectivity index (χ2v) is 3.49. The van der Waals surface area contributed by atoms with E-state index in [4.69, 9.17) is 10.5 Å². The molecule has 0 unspecified atom stereocenters. The summed E-state index contributed by atoms with van der Waals surface area (Å²) in [6.07, 6.45) is 0. The number of rotatable bonds is 4. The topological polar surface area (TPSA) is 35.2 Å². The number of hydrogen-bond acceptors (Lipinski definition) is 3. The molecule has 3 heteroatoms. The van der Waals surface area contributed by atoms with Crippen LogP contribution in [0.15, 0.2) is 18.7 Å². The van der Waals surface area contributed by atoms with Crippen molar-refractivity contribution in [1.82, 2.24) is 0 Å². The van der Waals surface area contributed by atoms with Crippen molar-refractivity contribution in [1.29, 1.82) is 0 Å². The van der Waals surface area contributed by atoms with Gasteiger partial charge in [-0.2, -0.15) is 0 Å². The van der Waals surface area contributed by atoms with Gasteiger partial charge in [-0.25, -0.2) is 0 Å². The molecule has 0 fully saturated rings. The van der Waals surface area contributed by atoms with Gasteiger partial charge in [0.2, 0.25) is 0 Å². The third-order valence-electron chi connectivity index (χ3n) is 1.46. The minimum atomic E-state index is 0.587. The molecule has 0 atom stereocenters. The van der Waals surface area contributed by atoms with Crippen LogP contribution in [0.5, 0.6) is 0 Å². The molecule has 0 saturated carbocycles. The molecule has 0 amide bonds. The predicted octanol–water partition coefficient (Wildman–Crippen LogP) is 2.21. The Balaban J connectivity index is 2.68. The van der Waals surface area contributed by atoms with Crippen LogP contribution in [0, 0.1) is 0 Å². The van der Waals surface area contributed by atoms with Gasteiger partial charge in [0.05, 0.1) is 11.5 Å². The van der Waals surface area contributed by atoms with Crippen LogP contribution in [0.2, 0.25) is 0 Å². The molecule has 0 saturated heterocycles. The van der Waals surface area contributed by atoms with Crippen molar-refractivity contribution in [3.63, 3.8) is 0 Å². The fraction of sp³-hybridized carbons (Fsp3) is 0.333. The van der Waals surface area contributed by atoms with Gasteiger partial charge in [-0.05, 0) is 19.1 Å². The Labute approximate surface area is 76.7 Å². The summed E-state index contributed by atoms with van der Waals surface area (Å²) in [6.45, 7) is 7.01. The van der Waals surface area contributed by atoms with Crippen molar-refractivity contribution in [2.75, 3.05) is 6.61 Å². The summed E-state index contributed by atoms with van der Waals surface area (Å²) < 4.78 is 5.26. The first-order valence-electron chi connectivity index (χ1n) is 3.88. The van der Waals surface area contributed by atoms with E-state index in [0.29, 0.717) is 13.2 Å². The molecule has 2 N–H and O–H groups in total. The largest absolute Gasteiger partial charge is 0.493 e. The first-order valence-corrected chi connectivity index (χ1v) is 4.70. The molecule has 2 nitrogen and oxygen atoms in total. The highest BCUT2D eigenvalue weighted by molar-refractivity contribution is 7.13. The van der Waals surface area contributed by atoms with Crippen LogP contribution < -0.4 is 5.73 Å². The molecule has 12 heavy (non-hydrogen) atoms. The number of nitrogens with two attached hydrogens (primary N) is 1. The zero-order valence-electron chi connectivity index (χ0n) is 7.17. The standard InChI is InChI=1S/C9H13NOS/c1-3-11-7(2)9-5-4-8(6-10)12-9/h4-5H,2-3,6,10H2,1H3. The maximum Gasteiger partial charge on any atom is 0.129 e. The lowest BCUT2D eigenvalue weighted by molar-refractivity contribution is 0.300. The molecule has 0 aliphatic heterocycles. The zero-order chi connectivity index (χ0) is 8.97. The van der Waals surface area contributed by atoms with E-state index in [0.717, 1.165) is 15.5 Å². The molecular formula is C9H13NOS. The molecule has 66 valence electrons. The lowest BCUT2D eigenvalue weighted by Gasteiger charge is -2.02. The highest BCUT2D eigenvalue weighted by Crippen LogP contribution is 2.23. The lowest BCUT2D eigenvalue weighted by atomic mass is 10.4. The Morgan fingerprint density at radius 1 is 1.67 bits per heavy atom. The summed E-state index contributed by atoms with van der Waals surface area (Å²) in [5.74, 6) is 0.738. The fourth-order valence-corrected chi connectivity index (χ4v) is 1.69. The third kappa shape index (κ3) is 2.09. The molecule has 1 rings (SSSR count). The first-order chi connectivity index (χ1) is 5.77. The zero-order valence-corrected chi connectivity index (χ0v) is 7.99. The second kappa shape index (κ2) is 4.28. The molecular weight excluding hydrogens is 170 g/mol. The van der Waals surface area contributed by atoms with Gasteiger partial charge >= 0.3 is 0 Å². The van der Waals surface area contributed by atoms with Gasteiger partial charge in [0.1, 0.15) is 5.76 Å². The van der Waals surface area contributed by atoms with E-state index in [-0.39, 0.29) is 0 Å². The van der Waals surface area contributed by atoms with Crippen molar-refractivity contribution in [3.05, 3.63) is 28.5 Å². The number of thiophene rings is 1. The molecule has 0 radical (unpaired) electrons. The van der Waals surface area contributed by atoms with E-state index in [2.05, 4.69) is 6.58 Å². The Bertz CT molecular complexity index is 267. The van der Waals surface area contributed by atoms with Gasteiger partial charge in [-0.1, -0.05) is 6.58 Å². The van der Waals surface area contributed by atoms with Gasteiger partial charge < -0.3 is 10.5 Å². The van der Waals surface area contributed by atoms with E-state index in [1.54, 1.807) is 11.3 Å². The van der Waals surface area contributed by atoms with Crippen molar-refractivity contribution in [2.45, 2.75) is 13.5 Å². The molecule has 1 aromatic heterocycles. The Kier molecular flexibility index (Phi) is 3.31. The summed E-state index contributed by atoms with van der Waals surface area (Å²) in [5.41, 5.74) is 5.48. The van der Waals surface area contributed by atoms with E-state index >= 15 is 0 Å². The summed E-state index contributed by atoms with van der Waals surface area (Å²) >= 11 is 1.63. The van der Waals surface area contributed by atoms with E-state index in [1.807, 2.05) is 19.1 Å². The van der Waals surface area contributed by atoms with Crippen LogP contribution >= 0.6 is 11.3 Å². The average molecular weight is 183 g/mol. The van der Waals surface area contributed by atoms with Crippen LogP contribution in [-0.4, -0.2) is 6.61 Å². The predicted molar refractivity (Wildman–Crippen MR) is 52.9 cm³/mol. The summed E-state index contributed by atoms with van der Waals surface area (Å²) in [4.78, 5) is 2.23. The van der Waals surface area contributed by atoms with E-state index in [9.17, 15) is 0 Å². The Morgan fingerprint density at radius 2 is 2.42 bits per heavy atom. The molecule has 0 spiro atoms. The minimum Gasteiger partial charge on any atom is -0.493 e. The van der Waals surface area contributed by atoms with Crippen LogP contribution in [0.25, 0.3) is 5.76 Å². The van der Waals surface area contributed by atoms with Gasteiger partial charge in [0.25, 0.3) is 0 Å². The number of ether oxygens (including phenoxy) is 1. The van der Waals surface area contributed by atoms with Crippen LogP contribution in [-0.2, 0) is 11.3 Å². The molecule has 0 bridgehead atoms. The van der Waals surface area contributed by atoms with Crippen molar-refractivity contribution < 1.29 is 4.74 Å². The highest BCUT2D eigenvalue weighted by Gasteiger charge is 2.02. The monoisotopic (exact) mass is 183 g/mol. The minimum absolute atomic E-state index is 0.587. The first kappa shape index (κ1) is 9.29. The molecule has 0 aliphatic rings. The van der Waals surface area contributed by atoms with Crippen molar-refractivity contribution in [2.24, 2.45) is 5.73 Å².